The minimum atomic E-state index is -3.16. The van der Waals surface area contributed by atoms with E-state index in [1.165, 1.54) is 0 Å². The van der Waals surface area contributed by atoms with Crippen molar-refractivity contribution in [2.45, 2.75) is 30.7 Å². The summed E-state index contributed by atoms with van der Waals surface area (Å²) in [7, 11) is -1.21. The Balaban J connectivity index is 2.32. The van der Waals surface area contributed by atoms with Gasteiger partial charge in [0, 0.05) is 19.1 Å². The first-order chi connectivity index (χ1) is 9.08. The van der Waals surface area contributed by atoms with Crippen LogP contribution in [0.1, 0.15) is 19.8 Å². The van der Waals surface area contributed by atoms with Gasteiger partial charge in [-0.25, -0.2) is 8.42 Å². The number of nitrogens with one attached hydrogen (secondary N) is 1. The van der Waals surface area contributed by atoms with Crippen molar-refractivity contribution < 1.29 is 8.42 Å². The molecule has 1 heterocycles. The Labute approximate surface area is 115 Å². The number of benzene rings is 1. The SMILES string of the molecule is CCCS(=O)(=O)c1ccccc1N1CCC(NC)C1. The van der Waals surface area contributed by atoms with Crippen LogP contribution in [0.5, 0.6) is 0 Å². The third-order valence-corrected chi connectivity index (χ3v) is 5.57. The lowest BCUT2D eigenvalue weighted by Gasteiger charge is -2.21. The maximum absolute atomic E-state index is 12.3. The molecule has 0 aliphatic carbocycles. The van der Waals surface area contributed by atoms with Crippen LogP contribution in [-0.2, 0) is 9.84 Å². The molecule has 1 fully saturated rings. The van der Waals surface area contributed by atoms with E-state index < -0.39 is 9.84 Å². The van der Waals surface area contributed by atoms with Crippen LogP contribution in [0, 0.1) is 0 Å². The Hall–Kier alpha value is -1.07. The van der Waals surface area contributed by atoms with Crippen LogP contribution in [0.15, 0.2) is 29.2 Å². The summed E-state index contributed by atoms with van der Waals surface area (Å²) in [6.45, 7) is 3.67. The van der Waals surface area contributed by atoms with Crippen molar-refractivity contribution in [2.75, 3.05) is 30.8 Å². The van der Waals surface area contributed by atoms with Crippen molar-refractivity contribution in [2.24, 2.45) is 0 Å². The zero-order valence-corrected chi connectivity index (χ0v) is 12.4. The van der Waals surface area contributed by atoms with E-state index in [1.54, 1.807) is 12.1 Å². The maximum Gasteiger partial charge on any atom is 0.180 e. The van der Waals surface area contributed by atoms with E-state index in [0.717, 1.165) is 25.2 Å². The monoisotopic (exact) mass is 282 g/mol. The summed E-state index contributed by atoms with van der Waals surface area (Å²) in [5.41, 5.74) is 0.855. The van der Waals surface area contributed by atoms with Gasteiger partial charge >= 0.3 is 0 Å². The summed E-state index contributed by atoms with van der Waals surface area (Å²) in [5, 5.41) is 3.26. The van der Waals surface area contributed by atoms with E-state index in [9.17, 15) is 8.42 Å². The smallest absolute Gasteiger partial charge is 0.180 e. The van der Waals surface area contributed by atoms with E-state index >= 15 is 0 Å². The van der Waals surface area contributed by atoms with E-state index in [-0.39, 0.29) is 5.75 Å². The molecule has 5 heteroatoms. The highest BCUT2D eigenvalue weighted by Crippen LogP contribution is 2.29. The lowest BCUT2D eigenvalue weighted by atomic mass is 10.3. The van der Waals surface area contributed by atoms with Crippen molar-refractivity contribution in [1.29, 1.82) is 0 Å². The maximum atomic E-state index is 12.3. The van der Waals surface area contributed by atoms with Crippen LogP contribution >= 0.6 is 0 Å². The molecule has 1 aromatic carbocycles. The van der Waals surface area contributed by atoms with Gasteiger partial charge in [-0.3, -0.25) is 0 Å². The molecule has 0 bridgehead atoms. The quantitative estimate of drug-likeness (QED) is 0.892. The molecule has 1 aromatic rings. The first-order valence-electron chi connectivity index (χ1n) is 6.82. The normalized spacial score (nSPS) is 19.9. The number of likely N-dealkylation sites (N-methyl/N-ethyl adjacent to an activating group) is 1. The lowest BCUT2D eigenvalue weighted by molar-refractivity contribution is 0.594. The van der Waals surface area contributed by atoms with Crippen molar-refractivity contribution in [1.82, 2.24) is 5.32 Å². The van der Waals surface area contributed by atoms with Crippen LogP contribution in [0.3, 0.4) is 0 Å². The molecule has 1 aliphatic rings. The number of nitrogens with zero attached hydrogens (tertiary/aromatic N) is 1. The third-order valence-electron chi connectivity index (χ3n) is 3.61. The largest absolute Gasteiger partial charge is 0.369 e. The average molecular weight is 282 g/mol. The average Bonchev–Trinajstić information content (AvgIpc) is 2.87. The van der Waals surface area contributed by atoms with Crippen LogP contribution < -0.4 is 10.2 Å². The van der Waals surface area contributed by atoms with Gasteiger partial charge in [-0.05, 0) is 32.0 Å². The molecule has 0 spiro atoms. The Morgan fingerprint density at radius 2 is 2.11 bits per heavy atom. The van der Waals surface area contributed by atoms with Gasteiger partial charge in [0.05, 0.1) is 16.3 Å². The number of rotatable bonds is 5. The van der Waals surface area contributed by atoms with E-state index in [2.05, 4.69) is 10.2 Å². The second-order valence-electron chi connectivity index (χ2n) is 5.01. The van der Waals surface area contributed by atoms with Gasteiger partial charge in [-0.2, -0.15) is 0 Å². The standard InChI is InChI=1S/C14H22N2O2S/c1-3-10-19(17,18)14-7-5-4-6-13(14)16-9-8-12(11-16)15-2/h4-7,12,15H,3,8-11H2,1-2H3. The lowest BCUT2D eigenvalue weighted by Crippen LogP contribution is -2.30. The van der Waals surface area contributed by atoms with Gasteiger partial charge in [-0.1, -0.05) is 19.1 Å². The second kappa shape index (κ2) is 5.92. The van der Waals surface area contributed by atoms with Gasteiger partial charge < -0.3 is 10.2 Å². The van der Waals surface area contributed by atoms with Crippen LogP contribution in [0.25, 0.3) is 0 Å². The van der Waals surface area contributed by atoms with Crippen molar-refractivity contribution in [3.8, 4) is 0 Å². The molecule has 106 valence electrons. The van der Waals surface area contributed by atoms with Crippen molar-refractivity contribution in [3.05, 3.63) is 24.3 Å². The molecule has 2 rings (SSSR count). The van der Waals surface area contributed by atoms with E-state index in [4.69, 9.17) is 0 Å². The molecule has 19 heavy (non-hydrogen) atoms. The first kappa shape index (κ1) is 14.3. The topological polar surface area (TPSA) is 49.4 Å². The zero-order valence-electron chi connectivity index (χ0n) is 11.6. The number of hydrogen-bond acceptors (Lipinski definition) is 4. The Morgan fingerprint density at radius 3 is 2.74 bits per heavy atom. The fraction of sp³-hybridized carbons (Fsp3) is 0.571. The second-order valence-corrected chi connectivity index (χ2v) is 7.08. The Morgan fingerprint density at radius 1 is 1.37 bits per heavy atom. The summed E-state index contributed by atoms with van der Waals surface area (Å²) in [6.07, 6.45) is 1.70. The Kier molecular flexibility index (Phi) is 4.47. The first-order valence-corrected chi connectivity index (χ1v) is 8.47. The number of sulfone groups is 1. The number of anilines is 1. The molecule has 1 saturated heterocycles. The summed E-state index contributed by atoms with van der Waals surface area (Å²) >= 11 is 0. The van der Waals surface area contributed by atoms with E-state index in [0.29, 0.717) is 17.4 Å². The predicted molar refractivity (Wildman–Crippen MR) is 78.5 cm³/mol. The van der Waals surface area contributed by atoms with E-state index in [1.807, 2.05) is 26.1 Å². The summed E-state index contributed by atoms with van der Waals surface area (Å²) in [4.78, 5) is 2.65. The van der Waals surface area contributed by atoms with Gasteiger partial charge in [0.25, 0.3) is 0 Å². The number of hydrogen-bond donors (Lipinski definition) is 1. The molecule has 4 nitrogen and oxygen atoms in total. The highest BCUT2D eigenvalue weighted by molar-refractivity contribution is 7.91. The van der Waals surface area contributed by atoms with Gasteiger partial charge in [0.1, 0.15) is 0 Å². The van der Waals surface area contributed by atoms with Crippen LogP contribution in [-0.4, -0.2) is 40.3 Å². The van der Waals surface area contributed by atoms with Crippen molar-refractivity contribution in [3.63, 3.8) is 0 Å². The highest BCUT2D eigenvalue weighted by atomic mass is 32.2. The molecule has 1 atom stereocenters. The van der Waals surface area contributed by atoms with Crippen LogP contribution in [0.2, 0.25) is 0 Å². The molecule has 1 aliphatic heterocycles. The van der Waals surface area contributed by atoms with Gasteiger partial charge in [-0.15, -0.1) is 0 Å². The third kappa shape index (κ3) is 3.09. The number of para-hydroxylation sites is 1. The molecule has 0 aromatic heterocycles. The fourth-order valence-corrected chi connectivity index (χ4v) is 4.13. The zero-order chi connectivity index (χ0) is 13.9. The highest BCUT2D eigenvalue weighted by Gasteiger charge is 2.26. The molecular weight excluding hydrogens is 260 g/mol. The molecule has 0 amide bonds. The summed E-state index contributed by atoms with van der Waals surface area (Å²) in [6, 6.07) is 7.81. The molecule has 1 unspecified atom stereocenters. The molecule has 0 saturated carbocycles. The summed E-state index contributed by atoms with van der Waals surface area (Å²) < 4.78 is 24.6. The molecular formula is C14H22N2O2S. The molecule has 1 N–H and O–H groups in total. The Bertz CT molecular complexity index is 528. The summed E-state index contributed by atoms with van der Waals surface area (Å²) in [5.74, 6) is 0.216. The van der Waals surface area contributed by atoms with Gasteiger partial charge in [0.15, 0.2) is 9.84 Å². The fourth-order valence-electron chi connectivity index (χ4n) is 2.57. The van der Waals surface area contributed by atoms with Gasteiger partial charge in [0.2, 0.25) is 0 Å². The molecule has 0 radical (unpaired) electrons. The van der Waals surface area contributed by atoms with Crippen molar-refractivity contribution >= 4 is 15.5 Å². The van der Waals surface area contributed by atoms with Crippen LogP contribution in [0.4, 0.5) is 5.69 Å². The predicted octanol–water partition coefficient (Wildman–Crippen LogP) is 1.67. The minimum Gasteiger partial charge on any atom is -0.369 e. The minimum absolute atomic E-state index is 0.216.